The maximum absolute atomic E-state index is 4.81. The van der Waals surface area contributed by atoms with Gasteiger partial charge in [-0.25, -0.2) is 0 Å². The molecule has 2 N–H and O–H groups in total. The molecule has 3 aliphatic rings. The average Bonchev–Trinajstić information content (AvgIpc) is 3.54. The summed E-state index contributed by atoms with van der Waals surface area (Å²) in [6.07, 6.45) is 11.1. The topological polar surface area (TPSA) is 76.2 Å². The van der Waals surface area contributed by atoms with Gasteiger partial charge in [-0.15, -0.1) is 0 Å². The van der Waals surface area contributed by atoms with E-state index in [2.05, 4.69) is 78.6 Å². The fourth-order valence-electron chi connectivity index (χ4n) is 6.25. The highest BCUT2D eigenvalue weighted by Gasteiger charge is 2.34. The van der Waals surface area contributed by atoms with E-state index < -0.39 is 0 Å². The lowest BCUT2D eigenvalue weighted by atomic mass is 10.00. The van der Waals surface area contributed by atoms with Gasteiger partial charge in [0.25, 0.3) is 0 Å². The van der Waals surface area contributed by atoms with Crippen LogP contribution in [-0.4, -0.2) is 81.2 Å². The first-order valence-electron chi connectivity index (χ1n) is 14.9. The van der Waals surface area contributed by atoms with Crippen LogP contribution in [-0.2, 0) is 13.1 Å². The number of hydrogen-bond acceptors (Lipinski definition) is 7. The van der Waals surface area contributed by atoms with Crippen LogP contribution in [0.4, 0.5) is 5.69 Å². The Morgan fingerprint density at radius 2 is 1.70 bits per heavy atom. The van der Waals surface area contributed by atoms with Gasteiger partial charge in [-0.1, -0.05) is 6.07 Å². The number of likely N-dealkylation sites (N-methyl/N-ethyl adjacent to an activating group) is 1. The number of aromatic nitrogens is 4. The number of fused-ring (bicyclic) bond motifs is 1. The van der Waals surface area contributed by atoms with E-state index in [0.717, 1.165) is 56.2 Å². The molecular formula is C32H40N8. The van der Waals surface area contributed by atoms with Crippen molar-refractivity contribution in [2.24, 2.45) is 5.92 Å². The summed E-state index contributed by atoms with van der Waals surface area (Å²) in [6, 6.07) is 13.5. The molecule has 0 amide bonds. The second kappa shape index (κ2) is 11.3. The van der Waals surface area contributed by atoms with Crippen molar-refractivity contribution in [1.29, 1.82) is 0 Å². The Kier molecular flexibility index (Phi) is 7.22. The zero-order chi connectivity index (χ0) is 26.9. The molecule has 3 aromatic heterocycles. The first kappa shape index (κ1) is 25.6. The second-order valence-electron chi connectivity index (χ2n) is 12.0. The quantitative estimate of drug-likeness (QED) is 0.314. The predicted octanol–water partition coefficient (Wildman–Crippen LogP) is 4.93. The van der Waals surface area contributed by atoms with Gasteiger partial charge in [0.2, 0.25) is 0 Å². The van der Waals surface area contributed by atoms with Crippen molar-refractivity contribution in [2.45, 2.75) is 44.8 Å². The Morgan fingerprint density at radius 1 is 0.875 bits per heavy atom. The van der Waals surface area contributed by atoms with Crippen molar-refractivity contribution in [1.82, 2.24) is 34.9 Å². The van der Waals surface area contributed by atoms with Crippen LogP contribution in [0, 0.1) is 5.92 Å². The molecule has 1 unspecified atom stereocenters. The molecule has 2 saturated heterocycles. The van der Waals surface area contributed by atoms with E-state index in [-0.39, 0.29) is 6.04 Å². The first-order chi connectivity index (χ1) is 19.7. The summed E-state index contributed by atoms with van der Waals surface area (Å²) in [5.74, 6) is 0.600. The zero-order valence-electron chi connectivity index (χ0n) is 23.5. The molecule has 8 nitrogen and oxygen atoms in total. The highest BCUT2D eigenvalue weighted by atomic mass is 15.2. The number of hydrogen-bond donors (Lipinski definition) is 2. The maximum Gasteiger partial charge on any atom is 0.0924 e. The summed E-state index contributed by atoms with van der Waals surface area (Å²) >= 11 is 0. The Labute approximate surface area is 236 Å². The smallest absolute Gasteiger partial charge is 0.0924 e. The van der Waals surface area contributed by atoms with Crippen LogP contribution in [0.3, 0.4) is 0 Å². The van der Waals surface area contributed by atoms with Crippen molar-refractivity contribution in [3.05, 3.63) is 71.9 Å². The van der Waals surface area contributed by atoms with Crippen LogP contribution in [0.5, 0.6) is 0 Å². The summed E-state index contributed by atoms with van der Waals surface area (Å²) in [5.41, 5.74) is 8.02. The van der Waals surface area contributed by atoms with Crippen LogP contribution in [0.1, 0.15) is 48.7 Å². The standard InChI is InChI=1S/C32H40N8/c1-38-12-14-40(15-13-38)22-28-8-7-27(20-34-28)35-31(24-4-5-24)32-29-17-25(6-9-30(29)36-37-32)26-16-23(18-33-19-26)21-39-10-2-3-11-39/h6-9,16-20,24,31,35H,2-5,10-15,21-22H2,1H3,(H,36,37). The molecule has 1 atom stereocenters. The minimum Gasteiger partial charge on any atom is -0.375 e. The van der Waals surface area contributed by atoms with Gasteiger partial charge >= 0.3 is 0 Å². The summed E-state index contributed by atoms with van der Waals surface area (Å²) in [6.45, 7) is 8.76. The molecular weight excluding hydrogens is 496 g/mol. The highest BCUT2D eigenvalue weighted by molar-refractivity contribution is 5.87. The Bertz CT molecular complexity index is 1430. The number of piperazine rings is 1. The Hall–Kier alpha value is -3.33. The van der Waals surface area contributed by atoms with Crippen molar-refractivity contribution in [3.63, 3.8) is 0 Å². The largest absolute Gasteiger partial charge is 0.375 e. The number of benzene rings is 1. The molecule has 1 aromatic carbocycles. The Morgan fingerprint density at radius 3 is 2.48 bits per heavy atom. The third kappa shape index (κ3) is 5.75. The molecule has 4 aromatic rings. The first-order valence-corrected chi connectivity index (χ1v) is 14.9. The lowest BCUT2D eigenvalue weighted by molar-refractivity contribution is 0.147. The molecule has 5 heterocycles. The van der Waals surface area contributed by atoms with Gasteiger partial charge in [0.05, 0.1) is 34.8 Å². The molecule has 0 bridgehead atoms. The molecule has 3 fully saturated rings. The van der Waals surface area contributed by atoms with E-state index in [1.807, 2.05) is 18.6 Å². The van der Waals surface area contributed by atoms with E-state index in [4.69, 9.17) is 4.98 Å². The summed E-state index contributed by atoms with van der Waals surface area (Å²) in [4.78, 5) is 16.8. The molecule has 0 spiro atoms. The summed E-state index contributed by atoms with van der Waals surface area (Å²) in [7, 11) is 2.20. The Balaban J connectivity index is 1.09. The van der Waals surface area contributed by atoms with Crippen LogP contribution in [0.15, 0.2) is 55.0 Å². The zero-order valence-corrected chi connectivity index (χ0v) is 23.5. The van der Waals surface area contributed by atoms with Crippen LogP contribution < -0.4 is 5.32 Å². The number of H-pyrrole nitrogens is 1. The van der Waals surface area contributed by atoms with Crippen molar-refractivity contribution in [3.8, 4) is 11.1 Å². The number of nitrogens with zero attached hydrogens (tertiary/aromatic N) is 6. The van der Waals surface area contributed by atoms with Gasteiger partial charge in [-0.3, -0.25) is 24.9 Å². The number of rotatable bonds is 9. The fraction of sp³-hybridized carbons (Fsp3) is 0.469. The summed E-state index contributed by atoms with van der Waals surface area (Å²) < 4.78 is 0. The lowest BCUT2D eigenvalue weighted by Crippen LogP contribution is -2.43. The normalized spacial score (nSPS) is 19.8. The SMILES string of the molecule is CN1CCN(Cc2ccc(NC(c3[nH]nc4ccc(-c5cncc(CN6CCCC6)c5)cc34)C3CC3)cn2)CC1. The third-order valence-electron chi connectivity index (χ3n) is 8.85. The molecule has 0 radical (unpaired) electrons. The molecule has 208 valence electrons. The van der Waals surface area contributed by atoms with Crippen molar-refractivity contribution >= 4 is 16.6 Å². The van der Waals surface area contributed by atoms with Gasteiger partial charge in [-0.2, -0.15) is 5.10 Å². The van der Waals surface area contributed by atoms with Crippen LogP contribution >= 0.6 is 0 Å². The van der Waals surface area contributed by atoms with E-state index in [1.54, 1.807) is 0 Å². The minimum atomic E-state index is 0.185. The van der Waals surface area contributed by atoms with Gasteiger partial charge in [0.15, 0.2) is 0 Å². The highest BCUT2D eigenvalue weighted by Crippen LogP contribution is 2.44. The monoisotopic (exact) mass is 536 g/mol. The molecule has 1 aliphatic carbocycles. The third-order valence-corrected chi connectivity index (χ3v) is 8.85. The van der Waals surface area contributed by atoms with Gasteiger partial charge in [0.1, 0.15) is 0 Å². The van der Waals surface area contributed by atoms with Gasteiger partial charge in [-0.05, 0) is 93.2 Å². The van der Waals surface area contributed by atoms with E-state index >= 15 is 0 Å². The average molecular weight is 537 g/mol. The van der Waals surface area contributed by atoms with Crippen LogP contribution in [0.25, 0.3) is 22.0 Å². The number of likely N-dealkylation sites (tertiary alicyclic amines) is 1. The van der Waals surface area contributed by atoms with E-state index in [1.165, 1.54) is 66.5 Å². The van der Waals surface area contributed by atoms with E-state index in [0.29, 0.717) is 5.92 Å². The van der Waals surface area contributed by atoms with Gasteiger partial charge in [0, 0.05) is 62.6 Å². The lowest BCUT2D eigenvalue weighted by Gasteiger charge is -2.32. The molecule has 1 saturated carbocycles. The number of pyridine rings is 2. The second-order valence-corrected chi connectivity index (χ2v) is 12.0. The van der Waals surface area contributed by atoms with Crippen molar-refractivity contribution in [2.75, 3.05) is 51.6 Å². The molecule has 2 aliphatic heterocycles. The maximum atomic E-state index is 4.81. The molecule has 40 heavy (non-hydrogen) atoms. The van der Waals surface area contributed by atoms with Crippen molar-refractivity contribution < 1.29 is 0 Å². The number of nitrogens with one attached hydrogen (secondary N) is 2. The van der Waals surface area contributed by atoms with Crippen LogP contribution in [0.2, 0.25) is 0 Å². The summed E-state index contributed by atoms with van der Waals surface area (Å²) in [5, 5.41) is 13.1. The molecule has 8 heteroatoms. The number of aromatic amines is 1. The predicted molar refractivity (Wildman–Crippen MR) is 160 cm³/mol. The molecule has 7 rings (SSSR count). The van der Waals surface area contributed by atoms with E-state index in [9.17, 15) is 0 Å². The van der Waals surface area contributed by atoms with Gasteiger partial charge < -0.3 is 10.2 Å². The fourth-order valence-corrected chi connectivity index (χ4v) is 6.25. The minimum absolute atomic E-state index is 0.185. The number of anilines is 1.